The van der Waals surface area contributed by atoms with Gasteiger partial charge in [0, 0.05) is 30.9 Å². The van der Waals surface area contributed by atoms with Crippen molar-refractivity contribution in [3.8, 4) is 0 Å². The van der Waals surface area contributed by atoms with Crippen molar-refractivity contribution >= 4 is 16.0 Å². The Morgan fingerprint density at radius 1 is 1.38 bits per heavy atom. The van der Waals surface area contributed by atoms with E-state index in [2.05, 4.69) is 45.4 Å². The lowest BCUT2D eigenvalue weighted by Crippen LogP contribution is -2.33. The Bertz CT molecular complexity index is 812. The third-order valence-electron chi connectivity index (χ3n) is 5.05. The van der Waals surface area contributed by atoms with E-state index >= 15 is 0 Å². The van der Waals surface area contributed by atoms with Crippen LogP contribution >= 0.6 is 0 Å². The van der Waals surface area contributed by atoms with Gasteiger partial charge >= 0.3 is 0 Å². The highest BCUT2D eigenvalue weighted by Crippen LogP contribution is 2.33. The number of H-pyrrole nitrogens is 1. The molecule has 8 nitrogen and oxygen atoms in total. The Hall–Kier alpha value is -1.68. The van der Waals surface area contributed by atoms with Crippen LogP contribution in [0.15, 0.2) is 23.9 Å². The van der Waals surface area contributed by atoms with Gasteiger partial charge in [-0.2, -0.15) is 17.8 Å². The highest BCUT2D eigenvalue weighted by atomic mass is 32.2. The maximum atomic E-state index is 11.6. The molecule has 0 saturated carbocycles. The van der Waals surface area contributed by atoms with E-state index in [1.807, 2.05) is 0 Å². The number of aromatic nitrogens is 2. The average molecular weight is 350 g/mol. The fourth-order valence-electron chi connectivity index (χ4n) is 3.77. The van der Waals surface area contributed by atoms with Crippen molar-refractivity contribution in [1.29, 1.82) is 0 Å². The number of nitrogens with one attached hydrogen (secondary N) is 1. The molecular weight excluding hydrogens is 328 g/mol. The topological polar surface area (TPSA) is 98.6 Å². The van der Waals surface area contributed by atoms with Crippen LogP contribution in [0.4, 0.5) is 5.82 Å². The molecule has 0 radical (unpaired) electrons. The fraction of sp³-hybridized carbons (Fsp3) is 0.533. The number of anilines is 1. The van der Waals surface area contributed by atoms with Gasteiger partial charge in [-0.15, -0.1) is 0 Å². The van der Waals surface area contributed by atoms with Gasteiger partial charge in [0.1, 0.15) is 0 Å². The zero-order chi connectivity index (χ0) is 16.9. The molecule has 1 unspecified atom stereocenters. The number of nitrogens with two attached hydrogens (primary N) is 1. The van der Waals surface area contributed by atoms with Crippen molar-refractivity contribution in [3.05, 3.63) is 35.2 Å². The molecule has 0 aromatic carbocycles. The molecule has 3 N–H and O–H groups in total. The van der Waals surface area contributed by atoms with E-state index in [0.29, 0.717) is 6.04 Å². The number of rotatable bonds is 3. The first-order chi connectivity index (χ1) is 11.4. The quantitative estimate of drug-likeness (QED) is 0.816. The third-order valence-corrected chi connectivity index (χ3v) is 6.03. The minimum Gasteiger partial charge on any atom is -0.327 e. The third kappa shape index (κ3) is 2.67. The number of aromatic amines is 1. The molecule has 24 heavy (non-hydrogen) atoms. The van der Waals surface area contributed by atoms with Crippen LogP contribution in [0.3, 0.4) is 0 Å². The zero-order valence-corrected chi connectivity index (χ0v) is 14.5. The van der Waals surface area contributed by atoms with Gasteiger partial charge in [0.2, 0.25) is 0 Å². The average Bonchev–Trinajstić information content (AvgIpc) is 3.20. The number of hydrogen-bond donors (Lipinski definition) is 2. The van der Waals surface area contributed by atoms with Gasteiger partial charge in [0.05, 0.1) is 12.2 Å². The molecule has 9 heteroatoms. The highest BCUT2D eigenvalue weighted by Gasteiger charge is 2.33. The second-order valence-corrected chi connectivity index (χ2v) is 8.19. The van der Waals surface area contributed by atoms with E-state index in [-0.39, 0.29) is 13.1 Å². The van der Waals surface area contributed by atoms with Gasteiger partial charge in [-0.3, -0.25) is 10.00 Å². The van der Waals surface area contributed by atoms with Crippen LogP contribution in [0.25, 0.3) is 0 Å². The van der Waals surface area contributed by atoms with Crippen molar-refractivity contribution in [1.82, 2.24) is 19.4 Å². The van der Waals surface area contributed by atoms with Crippen molar-refractivity contribution < 1.29 is 8.42 Å². The molecule has 1 aromatic rings. The molecule has 1 atom stereocenters. The molecule has 3 aliphatic rings. The van der Waals surface area contributed by atoms with Gasteiger partial charge in [-0.05, 0) is 32.0 Å². The first-order valence-electron chi connectivity index (χ1n) is 8.12. The largest absolute Gasteiger partial charge is 0.327 e. The van der Waals surface area contributed by atoms with Crippen LogP contribution in [0.2, 0.25) is 0 Å². The summed E-state index contributed by atoms with van der Waals surface area (Å²) in [5.74, 6) is 0.790. The minimum atomic E-state index is -3.69. The lowest BCUT2D eigenvalue weighted by molar-refractivity contribution is 0.348. The summed E-state index contributed by atoms with van der Waals surface area (Å²) in [7, 11) is -1.53. The Morgan fingerprint density at radius 3 is 2.92 bits per heavy atom. The minimum absolute atomic E-state index is 0.257. The smallest absolute Gasteiger partial charge is 0.277 e. The second-order valence-electron chi connectivity index (χ2n) is 6.64. The van der Waals surface area contributed by atoms with Crippen LogP contribution in [-0.2, 0) is 23.3 Å². The molecule has 0 aliphatic carbocycles. The summed E-state index contributed by atoms with van der Waals surface area (Å²) in [5.41, 5.74) is 3.01. The predicted molar refractivity (Wildman–Crippen MR) is 91.2 cm³/mol. The molecule has 0 spiro atoms. The molecule has 0 bridgehead atoms. The van der Waals surface area contributed by atoms with Crippen molar-refractivity contribution in [2.24, 2.45) is 5.14 Å². The molecule has 3 aliphatic heterocycles. The van der Waals surface area contributed by atoms with Gasteiger partial charge < -0.3 is 4.90 Å². The van der Waals surface area contributed by atoms with E-state index in [9.17, 15) is 8.42 Å². The number of hydrogen-bond acceptors (Lipinski definition) is 5. The molecule has 4 rings (SSSR count). The Balaban J connectivity index is 1.60. The normalized spacial score (nSPS) is 25.3. The first kappa shape index (κ1) is 15.8. The lowest BCUT2D eigenvalue weighted by atomic mass is 10.0. The molecule has 130 valence electrons. The maximum Gasteiger partial charge on any atom is 0.277 e. The summed E-state index contributed by atoms with van der Waals surface area (Å²) in [6.45, 7) is 2.38. The van der Waals surface area contributed by atoms with Crippen LogP contribution in [0, 0.1) is 0 Å². The SMILES string of the molecule is CN1CCCC1C1=CN(c2n[nH]c3c2CN(S(N)(=O)=O)C3)CC=C1. The van der Waals surface area contributed by atoms with Crippen LogP contribution < -0.4 is 10.0 Å². The van der Waals surface area contributed by atoms with Gasteiger partial charge in [0.25, 0.3) is 10.2 Å². The van der Waals surface area contributed by atoms with Crippen LogP contribution in [0.1, 0.15) is 24.1 Å². The molecule has 1 aromatic heterocycles. The molecular formula is C15H22N6O2S. The molecule has 1 fully saturated rings. The van der Waals surface area contributed by atoms with Gasteiger partial charge in [-0.1, -0.05) is 12.2 Å². The number of likely N-dealkylation sites (N-methyl/N-ethyl adjacent to an activating group) is 1. The number of fused-ring (bicyclic) bond motifs is 1. The van der Waals surface area contributed by atoms with Crippen LogP contribution in [-0.4, -0.2) is 54.0 Å². The molecule has 4 heterocycles. The van der Waals surface area contributed by atoms with E-state index in [0.717, 1.165) is 30.2 Å². The summed E-state index contributed by atoms with van der Waals surface area (Å²) >= 11 is 0. The molecule has 0 amide bonds. The summed E-state index contributed by atoms with van der Waals surface area (Å²) < 4.78 is 24.4. The Kier molecular flexibility index (Phi) is 3.75. The Morgan fingerprint density at radius 2 is 2.21 bits per heavy atom. The lowest BCUT2D eigenvalue weighted by Gasteiger charge is -2.27. The predicted octanol–water partition coefficient (Wildman–Crippen LogP) is 0.283. The molecule has 1 saturated heterocycles. The van der Waals surface area contributed by atoms with Crippen molar-refractivity contribution in [2.75, 3.05) is 25.0 Å². The van der Waals surface area contributed by atoms with Gasteiger partial charge in [-0.25, -0.2) is 5.14 Å². The first-order valence-corrected chi connectivity index (χ1v) is 9.63. The number of nitrogens with zero attached hydrogens (tertiary/aromatic N) is 4. The van der Waals surface area contributed by atoms with Gasteiger partial charge in [0.15, 0.2) is 5.82 Å². The van der Waals surface area contributed by atoms with E-state index in [4.69, 9.17) is 5.14 Å². The van der Waals surface area contributed by atoms with Crippen LogP contribution in [0.5, 0.6) is 0 Å². The van der Waals surface area contributed by atoms with Crippen molar-refractivity contribution in [2.45, 2.75) is 32.0 Å². The standard InChI is InChI=1S/C15H22N6O2S/c1-19-6-3-5-14(19)11-4-2-7-20(8-11)15-12-9-21(24(16,22)23)10-13(12)17-18-15/h2,4,8,14H,3,5-7,9-10H2,1H3,(H,17,18)(H2,16,22,23). The van der Waals surface area contributed by atoms with E-state index < -0.39 is 10.2 Å². The Labute approximate surface area is 141 Å². The summed E-state index contributed by atoms with van der Waals surface area (Å²) in [4.78, 5) is 4.46. The van der Waals surface area contributed by atoms with Crippen molar-refractivity contribution in [3.63, 3.8) is 0 Å². The summed E-state index contributed by atoms with van der Waals surface area (Å²) in [5, 5.41) is 12.6. The fourth-order valence-corrected chi connectivity index (χ4v) is 4.39. The zero-order valence-electron chi connectivity index (χ0n) is 13.6. The number of likely N-dealkylation sites (tertiary alicyclic amines) is 1. The highest BCUT2D eigenvalue weighted by molar-refractivity contribution is 7.86. The second kappa shape index (κ2) is 5.69. The monoisotopic (exact) mass is 350 g/mol. The van der Waals surface area contributed by atoms with E-state index in [1.54, 1.807) is 0 Å². The maximum absolute atomic E-state index is 11.6. The van der Waals surface area contributed by atoms with E-state index in [1.165, 1.54) is 22.7 Å². The summed E-state index contributed by atoms with van der Waals surface area (Å²) in [6, 6.07) is 0.442. The summed E-state index contributed by atoms with van der Waals surface area (Å²) in [6.07, 6.45) is 8.84.